The summed E-state index contributed by atoms with van der Waals surface area (Å²) >= 11 is 0. The highest BCUT2D eigenvalue weighted by Gasteiger charge is 2.49. The van der Waals surface area contributed by atoms with Crippen molar-refractivity contribution in [1.29, 1.82) is 0 Å². The number of halogens is 3. The summed E-state index contributed by atoms with van der Waals surface area (Å²) < 4.78 is 60.8. The van der Waals surface area contributed by atoms with Crippen LogP contribution in [0.4, 0.5) is 13.2 Å². The van der Waals surface area contributed by atoms with Crippen LogP contribution in [0.25, 0.3) is 0 Å². The summed E-state index contributed by atoms with van der Waals surface area (Å²) in [7, 11) is -5.90. The topological polar surface area (TPSA) is 101 Å². The fraction of sp³-hybridized carbons (Fsp3) is 0.333. The van der Waals surface area contributed by atoms with Crippen LogP contribution in [0.2, 0.25) is 0 Å². The molecule has 122 valence electrons. The van der Waals surface area contributed by atoms with Gasteiger partial charge in [0.1, 0.15) is 0 Å². The predicted molar refractivity (Wildman–Crippen MR) is 69.2 cm³/mol. The minimum absolute atomic E-state index is 0.419. The summed E-state index contributed by atoms with van der Waals surface area (Å²) in [6, 6.07) is 1.90. The number of hydrogen-bond acceptors (Lipinski definition) is 4. The van der Waals surface area contributed by atoms with Gasteiger partial charge in [-0.15, -0.1) is 0 Å². The van der Waals surface area contributed by atoms with Crippen molar-refractivity contribution in [3.63, 3.8) is 0 Å². The molecule has 0 heterocycles. The van der Waals surface area contributed by atoms with Crippen molar-refractivity contribution >= 4 is 21.7 Å². The Balaban J connectivity index is 3.64. The maximum absolute atomic E-state index is 12.6. The van der Waals surface area contributed by atoms with E-state index in [-0.39, 0.29) is 0 Å². The van der Waals surface area contributed by atoms with E-state index in [0.29, 0.717) is 6.07 Å². The summed E-state index contributed by atoms with van der Waals surface area (Å²) in [5, 5.41) is 11.3. The molecule has 0 spiro atoms. The average molecular weight is 339 g/mol. The van der Waals surface area contributed by atoms with Gasteiger partial charge in [-0.1, -0.05) is 6.07 Å². The first-order valence-corrected chi connectivity index (χ1v) is 7.36. The number of aromatic carboxylic acids is 1. The van der Waals surface area contributed by atoms with Crippen molar-refractivity contribution in [1.82, 2.24) is 5.32 Å². The van der Waals surface area contributed by atoms with Crippen LogP contribution in [0.5, 0.6) is 0 Å². The fourth-order valence-corrected chi connectivity index (χ4v) is 2.60. The van der Waals surface area contributed by atoms with Gasteiger partial charge in [-0.2, -0.15) is 13.2 Å². The molecule has 0 saturated carbocycles. The molecule has 6 nitrogen and oxygen atoms in total. The van der Waals surface area contributed by atoms with Gasteiger partial charge in [0.2, 0.25) is 0 Å². The van der Waals surface area contributed by atoms with E-state index >= 15 is 0 Å². The second-order valence-electron chi connectivity index (χ2n) is 4.56. The predicted octanol–water partition coefficient (Wildman–Crippen LogP) is 1.82. The lowest BCUT2D eigenvalue weighted by molar-refractivity contribution is -0.0436. The molecule has 0 saturated heterocycles. The molecule has 0 aliphatic heterocycles. The maximum atomic E-state index is 12.6. The molecule has 22 heavy (non-hydrogen) atoms. The lowest BCUT2D eigenvalue weighted by Crippen LogP contribution is -2.32. The number of alkyl halides is 3. The first-order valence-electron chi connectivity index (χ1n) is 5.88. The smallest absolute Gasteiger partial charge is 0.478 e. The maximum Gasteiger partial charge on any atom is 0.501 e. The largest absolute Gasteiger partial charge is 0.501 e. The number of nitrogens with one attached hydrogen (secondary N) is 1. The average Bonchev–Trinajstić information content (AvgIpc) is 2.35. The molecular weight excluding hydrogens is 327 g/mol. The van der Waals surface area contributed by atoms with E-state index in [1.165, 1.54) is 0 Å². The summed E-state index contributed by atoms with van der Waals surface area (Å²) in [5.41, 5.74) is -7.55. The van der Waals surface area contributed by atoms with E-state index in [2.05, 4.69) is 5.32 Å². The molecule has 1 aromatic carbocycles. The lowest BCUT2D eigenvalue weighted by atomic mass is 10.1. The Morgan fingerprint density at radius 1 is 1.23 bits per heavy atom. The van der Waals surface area contributed by atoms with Crippen LogP contribution >= 0.6 is 0 Å². The normalized spacial score (nSPS) is 12.3. The van der Waals surface area contributed by atoms with Gasteiger partial charge in [0.15, 0.2) is 0 Å². The monoisotopic (exact) mass is 339 g/mol. The molecule has 10 heteroatoms. The second kappa shape index (κ2) is 5.95. The second-order valence-corrected chi connectivity index (χ2v) is 6.47. The van der Waals surface area contributed by atoms with Crippen LogP contribution in [0.3, 0.4) is 0 Å². The number of rotatable bonds is 4. The SMILES string of the molecule is CC(C)NC(=O)c1cccc(S(=O)(=O)C(F)(F)F)c1C(=O)O. The van der Waals surface area contributed by atoms with Gasteiger partial charge in [0, 0.05) is 6.04 Å². The van der Waals surface area contributed by atoms with Crippen LogP contribution in [0.15, 0.2) is 23.1 Å². The Bertz CT molecular complexity index is 710. The van der Waals surface area contributed by atoms with Crippen LogP contribution in [0.1, 0.15) is 34.6 Å². The molecule has 1 amide bonds. The molecule has 1 rings (SSSR count). The Morgan fingerprint density at radius 2 is 1.77 bits per heavy atom. The van der Waals surface area contributed by atoms with Crippen molar-refractivity contribution in [2.75, 3.05) is 0 Å². The van der Waals surface area contributed by atoms with E-state index in [1.54, 1.807) is 13.8 Å². The van der Waals surface area contributed by atoms with Crippen molar-refractivity contribution in [2.45, 2.75) is 30.3 Å². The standard InChI is InChI=1S/C12H12F3NO5S/c1-6(2)16-10(17)7-4-3-5-8(9(7)11(18)19)22(20,21)12(13,14)15/h3-6H,1-2H3,(H,16,17)(H,18,19). The zero-order valence-electron chi connectivity index (χ0n) is 11.4. The highest BCUT2D eigenvalue weighted by Crippen LogP contribution is 2.33. The molecule has 1 aromatic rings. The Labute approximate surface area is 123 Å². The molecule has 0 fully saturated rings. The van der Waals surface area contributed by atoms with Gasteiger partial charge in [0.25, 0.3) is 15.7 Å². The first kappa shape index (κ1) is 18.0. The van der Waals surface area contributed by atoms with Gasteiger partial charge < -0.3 is 10.4 Å². The molecule has 0 aromatic heterocycles. The number of benzene rings is 1. The third-order valence-electron chi connectivity index (χ3n) is 2.50. The highest BCUT2D eigenvalue weighted by molar-refractivity contribution is 7.92. The number of carbonyl (C=O) groups excluding carboxylic acids is 1. The van der Waals surface area contributed by atoms with Gasteiger partial charge in [-0.25, -0.2) is 13.2 Å². The van der Waals surface area contributed by atoms with E-state index in [1.807, 2.05) is 0 Å². The van der Waals surface area contributed by atoms with Gasteiger partial charge in [0.05, 0.1) is 16.0 Å². The molecule has 0 aliphatic carbocycles. The number of amides is 1. The Morgan fingerprint density at radius 3 is 2.18 bits per heavy atom. The summed E-state index contributed by atoms with van der Waals surface area (Å²) in [4.78, 5) is 21.6. The lowest BCUT2D eigenvalue weighted by Gasteiger charge is -2.14. The molecule has 0 unspecified atom stereocenters. The van der Waals surface area contributed by atoms with Crippen LogP contribution in [-0.2, 0) is 9.84 Å². The van der Waals surface area contributed by atoms with Crippen molar-refractivity contribution in [3.8, 4) is 0 Å². The van der Waals surface area contributed by atoms with E-state index in [9.17, 15) is 31.2 Å². The molecule has 0 bridgehead atoms. The van der Waals surface area contributed by atoms with E-state index in [4.69, 9.17) is 5.11 Å². The number of carboxylic acid groups (broad SMARTS) is 1. The minimum Gasteiger partial charge on any atom is -0.478 e. The van der Waals surface area contributed by atoms with Gasteiger partial charge in [-0.05, 0) is 26.0 Å². The number of carbonyl (C=O) groups is 2. The van der Waals surface area contributed by atoms with Gasteiger partial charge >= 0.3 is 11.5 Å². The Hall–Kier alpha value is -2.10. The number of carboxylic acids is 1. The molecule has 0 aliphatic rings. The van der Waals surface area contributed by atoms with Crippen LogP contribution < -0.4 is 5.32 Å². The van der Waals surface area contributed by atoms with E-state index in [0.717, 1.165) is 12.1 Å². The van der Waals surface area contributed by atoms with E-state index < -0.39 is 49.3 Å². The number of sulfone groups is 1. The number of hydrogen-bond donors (Lipinski definition) is 2. The summed E-state index contributed by atoms with van der Waals surface area (Å²) in [6.45, 7) is 3.10. The van der Waals surface area contributed by atoms with Gasteiger partial charge in [-0.3, -0.25) is 4.79 Å². The summed E-state index contributed by atoms with van der Waals surface area (Å²) in [6.07, 6.45) is 0. The zero-order chi connectivity index (χ0) is 17.3. The van der Waals surface area contributed by atoms with Crippen molar-refractivity contribution in [2.24, 2.45) is 0 Å². The third-order valence-corrected chi connectivity index (χ3v) is 4.03. The Kier molecular flexibility index (Phi) is 4.86. The highest BCUT2D eigenvalue weighted by atomic mass is 32.2. The van der Waals surface area contributed by atoms with Crippen LogP contribution in [-0.4, -0.2) is 37.0 Å². The molecule has 0 atom stereocenters. The zero-order valence-corrected chi connectivity index (χ0v) is 12.2. The first-order chi connectivity index (χ1) is 9.89. The fourth-order valence-electron chi connectivity index (χ4n) is 1.63. The molecule has 2 N–H and O–H groups in total. The van der Waals surface area contributed by atoms with Crippen LogP contribution in [0, 0.1) is 0 Å². The molecular formula is C12H12F3NO5S. The molecule has 0 radical (unpaired) electrons. The van der Waals surface area contributed by atoms with Crippen molar-refractivity contribution < 1.29 is 36.3 Å². The quantitative estimate of drug-likeness (QED) is 0.871. The minimum atomic E-state index is -5.90. The van der Waals surface area contributed by atoms with Crippen molar-refractivity contribution in [3.05, 3.63) is 29.3 Å². The third kappa shape index (κ3) is 3.38. The summed E-state index contributed by atoms with van der Waals surface area (Å²) in [5.74, 6) is -2.93.